The van der Waals surface area contributed by atoms with E-state index in [-0.39, 0.29) is 12.2 Å². The number of esters is 1. The number of aliphatic hydroxyl groups is 1. The van der Waals surface area contributed by atoms with E-state index in [4.69, 9.17) is 0 Å². The molecule has 0 saturated heterocycles. The van der Waals surface area contributed by atoms with Crippen LogP contribution in [0.2, 0.25) is 0 Å². The van der Waals surface area contributed by atoms with E-state index in [9.17, 15) is 26.7 Å². The number of ether oxygens (including phenoxy) is 1. The van der Waals surface area contributed by atoms with Crippen molar-refractivity contribution in [3.05, 3.63) is 23.8 Å². The second-order valence-corrected chi connectivity index (χ2v) is 8.31. The van der Waals surface area contributed by atoms with Crippen LogP contribution in [-0.2, 0) is 29.2 Å². The topological polar surface area (TPSA) is 115 Å². The summed E-state index contributed by atoms with van der Waals surface area (Å²) in [5.74, 6) is -1.05. The number of rotatable bonds is 5. The van der Waals surface area contributed by atoms with E-state index >= 15 is 0 Å². The molecule has 9 heteroatoms. The summed E-state index contributed by atoms with van der Waals surface area (Å²) in [5, 5.41) is 9.92. The number of hydrogen-bond donors (Lipinski definition) is 1. The maximum atomic E-state index is 11.9. The molecule has 0 saturated carbocycles. The minimum atomic E-state index is -3.99. The number of sulfone groups is 2. The van der Waals surface area contributed by atoms with Crippen molar-refractivity contribution in [2.45, 2.75) is 22.8 Å². The summed E-state index contributed by atoms with van der Waals surface area (Å²) in [7, 11) is -7.84. The van der Waals surface area contributed by atoms with Crippen LogP contribution in [0.3, 0.4) is 0 Å². The summed E-state index contributed by atoms with van der Waals surface area (Å²) < 4.78 is 51.8. The van der Waals surface area contributed by atoms with Crippen LogP contribution in [0.1, 0.15) is 18.6 Å². The number of aliphatic hydroxyl groups excluding tert-OH is 1. The van der Waals surface area contributed by atoms with Gasteiger partial charge in [-0.05, 0) is 13.0 Å². The molecule has 1 rings (SSSR count). The van der Waals surface area contributed by atoms with Gasteiger partial charge in [0.1, 0.15) is 0 Å². The molecule has 0 aliphatic carbocycles. The average Bonchev–Trinajstić information content (AvgIpc) is 2.35. The molecule has 21 heavy (non-hydrogen) atoms. The van der Waals surface area contributed by atoms with Gasteiger partial charge in [-0.2, -0.15) is 0 Å². The monoisotopic (exact) mass is 336 g/mol. The molecule has 0 spiro atoms. The van der Waals surface area contributed by atoms with E-state index in [2.05, 4.69) is 4.74 Å². The number of carbonyl (C=O) groups is 1. The number of hydrogen-bond acceptors (Lipinski definition) is 7. The van der Waals surface area contributed by atoms with E-state index in [1.54, 1.807) is 0 Å². The van der Waals surface area contributed by atoms with Crippen molar-refractivity contribution in [2.24, 2.45) is 0 Å². The summed E-state index contributed by atoms with van der Waals surface area (Å²) in [4.78, 5) is 10.5. The molecule has 0 heterocycles. The van der Waals surface area contributed by atoms with Gasteiger partial charge in [-0.1, -0.05) is 12.1 Å². The fourth-order valence-electron chi connectivity index (χ4n) is 1.79. The lowest BCUT2D eigenvalue weighted by atomic mass is 10.1. The van der Waals surface area contributed by atoms with E-state index in [0.717, 1.165) is 18.6 Å². The predicted octanol–water partition coefficient (Wildman–Crippen LogP) is 0.0901. The van der Waals surface area contributed by atoms with Gasteiger partial charge in [0.15, 0.2) is 25.8 Å². The maximum absolute atomic E-state index is 11.9. The molecule has 0 bridgehead atoms. The van der Waals surface area contributed by atoms with Crippen LogP contribution in [-0.4, -0.2) is 47.0 Å². The van der Waals surface area contributed by atoms with Crippen LogP contribution >= 0.6 is 0 Å². The molecule has 0 radical (unpaired) electrons. The molecule has 7 nitrogen and oxygen atoms in total. The van der Waals surface area contributed by atoms with Gasteiger partial charge < -0.3 is 9.84 Å². The molecule has 0 amide bonds. The Hall–Kier alpha value is -1.45. The lowest BCUT2D eigenvalue weighted by Crippen LogP contribution is -2.20. The number of carbonyl (C=O) groups excluding carboxylic acids is 1. The third-order valence-electron chi connectivity index (χ3n) is 2.58. The first kappa shape index (κ1) is 17.6. The predicted molar refractivity (Wildman–Crippen MR) is 74.3 cm³/mol. The lowest BCUT2D eigenvalue weighted by Gasteiger charge is -2.16. The zero-order valence-corrected chi connectivity index (χ0v) is 13.4. The van der Waals surface area contributed by atoms with Crippen molar-refractivity contribution >= 4 is 25.6 Å². The first-order valence-corrected chi connectivity index (χ1v) is 9.66. The van der Waals surface area contributed by atoms with Crippen molar-refractivity contribution in [1.82, 2.24) is 0 Å². The van der Waals surface area contributed by atoms with Crippen molar-refractivity contribution in [1.29, 1.82) is 0 Å². The Bertz CT molecular complexity index is 748. The van der Waals surface area contributed by atoms with Crippen molar-refractivity contribution < 1.29 is 31.5 Å². The van der Waals surface area contributed by atoms with E-state index in [1.165, 1.54) is 19.1 Å². The normalized spacial score (nSPS) is 13.7. The van der Waals surface area contributed by atoms with E-state index < -0.39 is 41.5 Å². The highest BCUT2D eigenvalue weighted by molar-refractivity contribution is 7.93. The van der Waals surface area contributed by atoms with Gasteiger partial charge in [0.05, 0.1) is 16.4 Å². The SMILES string of the molecule is CCOC(=O)C(O)c1cccc(S(C)(=O)=O)c1S(C)(=O)=O. The second kappa shape index (κ2) is 6.12. The minimum absolute atomic E-state index is 0.00410. The molecule has 0 fully saturated rings. The quantitative estimate of drug-likeness (QED) is 0.758. The first-order valence-electron chi connectivity index (χ1n) is 5.88. The molecular formula is C12H16O7S2. The Morgan fingerprint density at radius 1 is 1.19 bits per heavy atom. The molecule has 1 N–H and O–H groups in total. The highest BCUT2D eigenvalue weighted by Gasteiger charge is 2.30. The number of benzene rings is 1. The van der Waals surface area contributed by atoms with Crippen LogP contribution in [0, 0.1) is 0 Å². The Morgan fingerprint density at radius 3 is 2.19 bits per heavy atom. The Labute approximate surface area is 123 Å². The average molecular weight is 336 g/mol. The zero-order chi connectivity index (χ0) is 16.4. The van der Waals surface area contributed by atoms with Gasteiger partial charge in [0, 0.05) is 18.1 Å². The minimum Gasteiger partial charge on any atom is -0.464 e. The molecular weight excluding hydrogens is 320 g/mol. The second-order valence-electron chi connectivity index (χ2n) is 4.37. The fourth-order valence-corrected chi connectivity index (χ4v) is 4.52. The van der Waals surface area contributed by atoms with Gasteiger partial charge in [0.2, 0.25) is 0 Å². The Kier molecular flexibility index (Phi) is 5.13. The van der Waals surface area contributed by atoms with E-state index in [1.807, 2.05) is 0 Å². The molecule has 1 atom stereocenters. The van der Waals surface area contributed by atoms with Gasteiger partial charge in [-0.3, -0.25) is 0 Å². The molecule has 0 aliphatic heterocycles. The smallest absolute Gasteiger partial charge is 0.339 e. The molecule has 1 aromatic rings. The Balaban J connectivity index is 3.66. The third-order valence-corrected chi connectivity index (χ3v) is 5.05. The van der Waals surface area contributed by atoms with Gasteiger partial charge in [0.25, 0.3) is 0 Å². The first-order chi connectivity index (χ1) is 9.50. The molecule has 1 unspecified atom stereocenters. The summed E-state index contributed by atoms with van der Waals surface area (Å²) in [5.41, 5.74) is -0.320. The van der Waals surface area contributed by atoms with Gasteiger partial charge in [-0.25, -0.2) is 21.6 Å². The van der Waals surface area contributed by atoms with Crippen LogP contribution in [0.15, 0.2) is 28.0 Å². The van der Waals surface area contributed by atoms with Crippen LogP contribution < -0.4 is 0 Å². The standard InChI is InChI=1S/C12H16O7S2/c1-4-19-12(14)10(13)8-6-5-7-9(20(2,15)16)11(8)21(3,17)18/h5-7,10,13H,4H2,1-3H3. The van der Waals surface area contributed by atoms with Crippen molar-refractivity contribution in [2.75, 3.05) is 19.1 Å². The summed E-state index contributed by atoms with van der Waals surface area (Å²) >= 11 is 0. The third kappa shape index (κ3) is 4.02. The van der Waals surface area contributed by atoms with Crippen molar-refractivity contribution in [3.63, 3.8) is 0 Å². The van der Waals surface area contributed by atoms with Crippen LogP contribution in [0.25, 0.3) is 0 Å². The molecule has 118 valence electrons. The van der Waals surface area contributed by atoms with Gasteiger partial charge >= 0.3 is 5.97 Å². The maximum Gasteiger partial charge on any atom is 0.339 e. The molecule has 0 aliphatic rings. The van der Waals surface area contributed by atoms with Crippen LogP contribution in [0.5, 0.6) is 0 Å². The summed E-state index contributed by atoms with van der Waals surface area (Å²) in [6.07, 6.45) is -0.230. The summed E-state index contributed by atoms with van der Waals surface area (Å²) in [6.45, 7) is 1.52. The highest BCUT2D eigenvalue weighted by atomic mass is 32.2. The highest BCUT2D eigenvalue weighted by Crippen LogP contribution is 2.29. The largest absolute Gasteiger partial charge is 0.464 e. The van der Waals surface area contributed by atoms with Crippen molar-refractivity contribution in [3.8, 4) is 0 Å². The Morgan fingerprint density at radius 2 is 1.76 bits per heavy atom. The van der Waals surface area contributed by atoms with Gasteiger partial charge in [-0.15, -0.1) is 0 Å². The molecule has 0 aromatic heterocycles. The zero-order valence-electron chi connectivity index (χ0n) is 11.7. The van der Waals surface area contributed by atoms with Crippen LogP contribution in [0.4, 0.5) is 0 Å². The lowest BCUT2D eigenvalue weighted by molar-refractivity contribution is -0.153. The molecule has 1 aromatic carbocycles. The summed E-state index contributed by atoms with van der Waals surface area (Å²) in [6, 6.07) is 3.53. The van der Waals surface area contributed by atoms with E-state index in [0.29, 0.717) is 0 Å². The fraction of sp³-hybridized carbons (Fsp3) is 0.417.